The first-order chi connectivity index (χ1) is 30.3. The van der Waals surface area contributed by atoms with Crippen LogP contribution in [0.4, 0.5) is 0 Å². The van der Waals surface area contributed by atoms with Crippen LogP contribution in [-0.2, 0) is 5.41 Å². The van der Waals surface area contributed by atoms with E-state index in [1.807, 2.05) is 0 Å². The molecule has 1 aromatic heterocycles. The highest BCUT2D eigenvalue weighted by atomic mass is 14.9. The summed E-state index contributed by atoms with van der Waals surface area (Å²) in [6, 6.07) is 79.7. The maximum atomic E-state index is 5.65. The van der Waals surface area contributed by atoms with Crippen molar-refractivity contribution >= 4 is 32.3 Å². The molecule has 0 bridgehead atoms. The Balaban J connectivity index is 1.12. The summed E-state index contributed by atoms with van der Waals surface area (Å²) in [4.78, 5) is 11.2. The van der Waals surface area contributed by atoms with Crippen molar-refractivity contribution in [1.29, 1.82) is 0 Å². The molecule has 0 saturated heterocycles. The molecule has 61 heavy (non-hydrogen) atoms. The largest absolute Gasteiger partial charge is 0.228 e. The van der Waals surface area contributed by atoms with Crippen molar-refractivity contribution in [2.75, 3.05) is 0 Å². The summed E-state index contributed by atoms with van der Waals surface area (Å²) >= 11 is 0. The first-order valence-corrected chi connectivity index (χ1v) is 21.1. The van der Waals surface area contributed by atoms with Crippen LogP contribution in [0.25, 0.3) is 99.6 Å². The van der Waals surface area contributed by atoms with Gasteiger partial charge in [-0.1, -0.05) is 200 Å². The Morgan fingerprint density at radius 3 is 1.52 bits per heavy atom. The molecular formula is C59H36N2. The Bertz CT molecular complexity index is 3540. The Morgan fingerprint density at radius 1 is 0.279 bits per heavy atom. The maximum absolute atomic E-state index is 5.65. The second-order valence-electron chi connectivity index (χ2n) is 16.4. The molecule has 11 aromatic rings. The van der Waals surface area contributed by atoms with Crippen LogP contribution in [0.15, 0.2) is 218 Å². The van der Waals surface area contributed by atoms with Crippen molar-refractivity contribution in [2.45, 2.75) is 5.41 Å². The van der Waals surface area contributed by atoms with Crippen LogP contribution in [0.2, 0.25) is 0 Å². The third-order valence-corrected chi connectivity index (χ3v) is 13.3. The monoisotopic (exact) mass is 772 g/mol. The van der Waals surface area contributed by atoms with Crippen LogP contribution in [0.3, 0.4) is 0 Å². The molecule has 1 spiro atoms. The van der Waals surface area contributed by atoms with E-state index in [0.717, 1.165) is 55.4 Å². The number of rotatable bonds is 4. The SMILES string of the molecule is c1ccc(-c2ccccc2-c2cc(-c3ccc4c(c3)C3(c5ccccc5-c5ccccc53)c3ccccc3-4)nc(-c3c4ccccc4cc4c3ccc3ccccc34)n2)cc1. The van der Waals surface area contributed by atoms with E-state index in [1.54, 1.807) is 0 Å². The Morgan fingerprint density at radius 2 is 0.820 bits per heavy atom. The minimum atomic E-state index is -0.458. The third-order valence-electron chi connectivity index (χ3n) is 13.3. The summed E-state index contributed by atoms with van der Waals surface area (Å²) in [5.41, 5.74) is 17.2. The summed E-state index contributed by atoms with van der Waals surface area (Å²) in [6.07, 6.45) is 0. The highest BCUT2D eigenvalue weighted by Crippen LogP contribution is 2.63. The number of fused-ring (bicyclic) bond motifs is 14. The van der Waals surface area contributed by atoms with Crippen molar-refractivity contribution in [3.05, 3.63) is 241 Å². The molecule has 0 N–H and O–H groups in total. The van der Waals surface area contributed by atoms with Gasteiger partial charge in [-0.3, -0.25) is 0 Å². The molecule has 2 aliphatic rings. The Labute approximate surface area is 354 Å². The molecule has 0 radical (unpaired) electrons. The molecule has 2 aliphatic carbocycles. The number of nitrogens with zero attached hydrogens (tertiary/aromatic N) is 2. The zero-order valence-electron chi connectivity index (χ0n) is 33.2. The van der Waals surface area contributed by atoms with Gasteiger partial charge in [0.1, 0.15) is 0 Å². The highest BCUT2D eigenvalue weighted by Gasteiger charge is 2.51. The summed E-state index contributed by atoms with van der Waals surface area (Å²) in [6.45, 7) is 0. The van der Waals surface area contributed by atoms with Gasteiger partial charge in [0.25, 0.3) is 0 Å². The molecule has 0 amide bonds. The summed E-state index contributed by atoms with van der Waals surface area (Å²) in [5.74, 6) is 0.711. The number of hydrogen-bond acceptors (Lipinski definition) is 2. The predicted molar refractivity (Wildman–Crippen MR) is 253 cm³/mol. The maximum Gasteiger partial charge on any atom is 0.161 e. The van der Waals surface area contributed by atoms with E-state index >= 15 is 0 Å². The molecule has 0 saturated carbocycles. The second kappa shape index (κ2) is 13.0. The Hall–Kier alpha value is -7.94. The van der Waals surface area contributed by atoms with Crippen LogP contribution < -0.4 is 0 Å². The van der Waals surface area contributed by atoms with Gasteiger partial charge < -0.3 is 0 Å². The van der Waals surface area contributed by atoms with Gasteiger partial charge in [-0.2, -0.15) is 0 Å². The second-order valence-corrected chi connectivity index (χ2v) is 16.4. The lowest BCUT2D eigenvalue weighted by Gasteiger charge is -2.30. The number of aromatic nitrogens is 2. The molecule has 0 aliphatic heterocycles. The van der Waals surface area contributed by atoms with Gasteiger partial charge in [0.05, 0.1) is 16.8 Å². The fourth-order valence-electron chi connectivity index (χ4n) is 10.7. The summed E-state index contributed by atoms with van der Waals surface area (Å²) in [5, 5.41) is 7.07. The quantitative estimate of drug-likeness (QED) is 0.132. The summed E-state index contributed by atoms with van der Waals surface area (Å²) in [7, 11) is 0. The standard InChI is InChI=1S/C59H36N2/c1-2-16-37(17-3-1)41-20-8-9-26-48(41)56-36-55(60-58(61-56)57-43-22-7-5-19-39(43)34-50-42-21-6-4-18-38(42)30-33-49(50)57)40-31-32-47-46-25-12-15-29-53(46)59(54(47)35-40)51-27-13-10-23-44(51)45-24-11-14-28-52(45)59/h1-36H. The van der Waals surface area contributed by atoms with Crippen LogP contribution >= 0.6 is 0 Å². The molecule has 0 unspecified atom stereocenters. The summed E-state index contributed by atoms with van der Waals surface area (Å²) < 4.78 is 0. The van der Waals surface area contributed by atoms with Crippen LogP contribution in [0.5, 0.6) is 0 Å². The van der Waals surface area contributed by atoms with Gasteiger partial charge in [-0.05, 0) is 106 Å². The lowest BCUT2D eigenvalue weighted by molar-refractivity contribution is 0.794. The van der Waals surface area contributed by atoms with E-state index in [9.17, 15) is 0 Å². The van der Waals surface area contributed by atoms with Gasteiger partial charge >= 0.3 is 0 Å². The van der Waals surface area contributed by atoms with E-state index in [1.165, 1.54) is 60.7 Å². The first kappa shape index (κ1) is 34.0. The van der Waals surface area contributed by atoms with E-state index in [2.05, 4.69) is 218 Å². The van der Waals surface area contributed by atoms with Gasteiger partial charge in [0, 0.05) is 16.7 Å². The van der Waals surface area contributed by atoms with E-state index in [0.29, 0.717) is 5.82 Å². The first-order valence-electron chi connectivity index (χ1n) is 21.1. The Kier molecular flexibility index (Phi) is 7.26. The topological polar surface area (TPSA) is 25.8 Å². The molecule has 10 aromatic carbocycles. The van der Waals surface area contributed by atoms with Gasteiger partial charge in [0.2, 0.25) is 0 Å². The zero-order valence-corrected chi connectivity index (χ0v) is 33.2. The lowest BCUT2D eigenvalue weighted by Crippen LogP contribution is -2.25. The minimum Gasteiger partial charge on any atom is -0.228 e. The van der Waals surface area contributed by atoms with Crippen LogP contribution in [0, 0.1) is 0 Å². The lowest BCUT2D eigenvalue weighted by atomic mass is 9.70. The number of benzene rings is 10. The van der Waals surface area contributed by atoms with Crippen molar-refractivity contribution in [3.8, 4) is 67.3 Å². The molecule has 0 fully saturated rings. The molecular weight excluding hydrogens is 737 g/mol. The number of hydrogen-bond donors (Lipinski definition) is 0. The van der Waals surface area contributed by atoms with Gasteiger partial charge in [-0.25, -0.2) is 9.97 Å². The van der Waals surface area contributed by atoms with Crippen molar-refractivity contribution in [3.63, 3.8) is 0 Å². The van der Waals surface area contributed by atoms with Crippen molar-refractivity contribution in [1.82, 2.24) is 9.97 Å². The average Bonchev–Trinajstić information content (AvgIpc) is 3.80. The van der Waals surface area contributed by atoms with Gasteiger partial charge in [0.15, 0.2) is 5.82 Å². The third kappa shape index (κ3) is 4.85. The molecule has 282 valence electrons. The smallest absolute Gasteiger partial charge is 0.161 e. The molecule has 13 rings (SSSR count). The molecule has 2 nitrogen and oxygen atoms in total. The highest BCUT2D eigenvalue weighted by molar-refractivity contribution is 6.19. The fourth-order valence-corrected chi connectivity index (χ4v) is 10.7. The average molecular weight is 773 g/mol. The normalized spacial score (nSPS) is 13.0. The predicted octanol–water partition coefficient (Wildman–Crippen LogP) is 14.9. The van der Waals surface area contributed by atoms with Crippen molar-refractivity contribution in [2.24, 2.45) is 0 Å². The molecule has 0 atom stereocenters. The van der Waals surface area contributed by atoms with E-state index < -0.39 is 5.41 Å². The van der Waals surface area contributed by atoms with E-state index in [-0.39, 0.29) is 0 Å². The zero-order chi connectivity index (χ0) is 40.1. The molecule has 1 heterocycles. The van der Waals surface area contributed by atoms with E-state index in [4.69, 9.17) is 9.97 Å². The molecule has 2 heteroatoms. The minimum absolute atomic E-state index is 0.458. The van der Waals surface area contributed by atoms with Crippen LogP contribution in [0.1, 0.15) is 22.3 Å². The van der Waals surface area contributed by atoms with Crippen molar-refractivity contribution < 1.29 is 0 Å². The fraction of sp³-hybridized carbons (Fsp3) is 0.0169. The van der Waals surface area contributed by atoms with Gasteiger partial charge in [-0.15, -0.1) is 0 Å². The van der Waals surface area contributed by atoms with Crippen LogP contribution in [-0.4, -0.2) is 9.97 Å².